The zero-order valence-corrected chi connectivity index (χ0v) is 73.5. The summed E-state index contributed by atoms with van der Waals surface area (Å²) in [4.78, 5) is 13.9. The molecular formula is C114H93N10O5+5. The van der Waals surface area contributed by atoms with Crippen LogP contribution in [0.25, 0.3) is 220 Å². The summed E-state index contributed by atoms with van der Waals surface area (Å²) in [6.07, 6.45) is 11.3. The first kappa shape index (κ1) is 73.4. The van der Waals surface area contributed by atoms with Crippen molar-refractivity contribution in [1.29, 1.82) is 0 Å². The van der Waals surface area contributed by atoms with Gasteiger partial charge >= 0.3 is 17.5 Å². The predicted molar refractivity (Wildman–Crippen MR) is 521 cm³/mol. The largest absolute Gasteiger partial charge is 0.455 e. The van der Waals surface area contributed by atoms with Crippen molar-refractivity contribution < 1.29 is 53.4 Å². The number of hydrogen-bond donors (Lipinski definition) is 0. The molecule has 25 rings (SSSR count). The minimum Gasteiger partial charge on any atom is -0.455 e. The molecule has 0 saturated heterocycles. The monoisotopic (exact) mass is 1690 g/mol. The Labute approximate surface area is 752 Å². The highest BCUT2D eigenvalue weighted by Gasteiger charge is 2.30. The smallest absolute Gasteiger partial charge is 0.334 e. The highest BCUT2D eigenvalue weighted by atomic mass is 16.3. The lowest BCUT2D eigenvalue weighted by atomic mass is 9.97. The minimum absolute atomic E-state index is 0.0735. The molecule has 0 unspecified atom stereocenters. The van der Waals surface area contributed by atoms with E-state index in [9.17, 15) is 0 Å². The van der Waals surface area contributed by atoms with Crippen molar-refractivity contribution >= 4 is 164 Å². The first-order valence-corrected chi connectivity index (χ1v) is 43.1. The van der Waals surface area contributed by atoms with Crippen LogP contribution in [0.15, 0.2) is 332 Å². The molecule has 15 heteroatoms. The summed E-state index contributed by atoms with van der Waals surface area (Å²) in [5, 5.41) is 30.7. The highest BCUT2D eigenvalue weighted by Crippen LogP contribution is 2.46. The summed E-state index contributed by atoms with van der Waals surface area (Å²) in [7, 11) is 9.69. The van der Waals surface area contributed by atoms with E-state index in [1.807, 2.05) is 160 Å². The standard InChI is InChI=1S/4C23H19N2O.C22H17N2O/c1-14-11-19-18-12-16-7-4-5-8-17(16)13-20(18)26-22(19)21(15(14)2)23-24-9-6-10-25(23)3;1-14-11-15(2)21(23-24-9-6-10-25(23)3)22-20(14)18-12-16-7-4-5-8-17(16)13-19(18)26-22;1-14-8-10-18-19-12-16-6-4-5-7-17(16)13-21(19)26-23(18)22(14)20-11-9-15(2)24-25(20)3;1-14-8-9-18-19-12-16-6-4-5-7-17(16)13-20(19)26-22(18)21(14)23-24-15(2)10-11-25(23)3;1-14-9-10-17-18-12-15-6-3-4-7-16(15)13-20(18)25-22(17)21(14)19-8-5-11-23-24(19)2/h4*4-13H,1-3H3;3-13H,1-2H3/q5*+1/i;1D3;2D3;;. The summed E-state index contributed by atoms with van der Waals surface area (Å²) >= 11 is 0. The third-order valence-corrected chi connectivity index (χ3v) is 25.2. The second-order valence-electron chi connectivity index (χ2n) is 33.7. The Hall–Kier alpha value is -16.0. The Morgan fingerprint density at radius 2 is 0.651 bits per heavy atom. The fourth-order valence-electron chi connectivity index (χ4n) is 18.5. The van der Waals surface area contributed by atoms with Crippen LogP contribution in [0.4, 0.5) is 0 Å². The first-order valence-electron chi connectivity index (χ1n) is 46.1. The molecule has 15 aromatic carbocycles. The van der Waals surface area contributed by atoms with Gasteiger partial charge in [0.25, 0.3) is 0 Å². The van der Waals surface area contributed by atoms with E-state index in [2.05, 4.69) is 234 Å². The summed E-state index contributed by atoms with van der Waals surface area (Å²) < 4.78 is 88.4. The Morgan fingerprint density at radius 3 is 1.09 bits per heavy atom. The van der Waals surface area contributed by atoms with E-state index in [0.717, 1.165) is 188 Å². The average molecular weight is 1690 g/mol. The molecule has 0 spiro atoms. The number of nitrogens with zero attached hydrogens (tertiary/aromatic N) is 10. The fourth-order valence-corrected chi connectivity index (χ4v) is 18.5. The van der Waals surface area contributed by atoms with E-state index >= 15 is 0 Å². The van der Waals surface area contributed by atoms with Crippen molar-refractivity contribution in [2.24, 2.45) is 35.2 Å². The summed E-state index contributed by atoms with van der Waals surface area (Å²) in [6, 6.07) is 92.7. The van der Waals surface area contributed by atoms with Crippen LogP contribution in [-0.2, 0) is 35.2 Å². The van der Waals surface area contributed by atoms with Crippen LogP contribution in [0.5, 0.6) is 0 Å². The van der Waals surface area contributed by atoms with Crippen molar-refractivity contribution in [2.75, 3.05) is 0 Å². The van der Waals surface area contributed by atoms with Gasteiger partial charge in [0.2, 0.25) is 11.4 Å². The van der Waals surface area contributed by atoms with Gasteiger partial charge in [0.1, 0.15) is 73.9 Å². The molecule has 0 amide bonds. The lowest BCUT2D eigenvalue weighted by Crippen LogP contribution is -2.36. The molecular weight excluding hydrogens is 1590 g/mol. The van der Waals surface area contributed by atoms with Crippen molar-refractivity contribution in [3.05, 3.63) is 360 Å². The topological polar surface area (TPSA) is 150 Å². The first-order chi connectivity index (χ1) is 65.1. The molecule has 15 nitrogen and oxygen atoms in total. The second-order valence-corrected chi connectivity index (χ2v) is 33.7. The third-order valence-electron chi connectivity index (χ3n) is 25.2. The molecule has 0 aliphatic heterocycles. The van der Waals surface area contributed by atoms with Crippen LogP contribution in [0, 0.1) is 62.2 Å². The highest BCUT2D eigenvalue weighted by molar-refractivity contribution is 6.19. The maximum absolute atomic E-state index is 8.12. The summed E-state index contributed by atoms with van der Waals surface area (Å²) in [5.41, 5.74) is 23.2. The van der Waals surface area contributed by atoms with Crippen LogP contribution in [0.2, 0.25) is 0 Å². The van der Waals surface area contributed by atoms with Gasteiger partial charge in [0.15, 0.2) is 36.5 Å². The quantitative estimate of drug-likeness (QED) is 0.152. The third kappa shape index (κ3) is 14.2. The van der Waals surface area contributed by atoms with Gasteiger partial charge in [-0.2, -0.15) is 0 Å². The fraction of sp³-hybridized carbons (Fsp3) is 0.123. The van der Waals surface area contributed by atoms with Gasteiger partial charge in [0, 0.05) is 99.3 Å². The van der Waals surface area contributed by atoms with Gasteiger partial charge in [-0.1, -0.05) is 173 Å². The number of rotatable bonds is 5. The van der Waals surface area contributed by atoms with Crippen LogP contribution < -0.4 is 23.1 Å². The molecule has 0 fully saturated rings. The minimum atomic E-state index is -2.25. The SMILES string of the molecule is Cc1cc2c(oc3cc4ccccc4cc32)c(-c2nccc[n+]2C)c1C.Cc1cc[n+](C)c(-c2c(C)ccc3c2oc2cc4ccccc4cc23)n1.Cc1ccc2c(oc3cc4ccccc4cc32)c1-c1cccn[n+]1C.[2H]C([2H])([2H])c1cc(C)c(-c2nccc[n+]2C)c2oc3cc4ccccc4cc3c12.[2H]C([2H])([2H])c1ccc(-c2c(C)ccc3c2oc2cc4ccccc4cc23)[n+](C)n1. The number of aromatic nitrogens is 10. The zero-order valence-electron chi connectivity index (χ0n) is 79.5. The molecule has 25 aromatic rings. The lowest BCUT2D eigenvalue weighted by Gasteiger charge is -2.07. The Morgan fingerprint density at radius 1 is 0.264 bits per heavy atom. The van der Waals surface area contributed by atoms with Crippen molar-refractivity contribution in [2.45, 2.75) is 62.2 Å². The molecule has 129 heavy (non-hydrogen) atoms. The molecule has 10 aromatic heterocycles. The molecule has 0 aliphatic rings. The van der Waals surface area contributed by atoms with E-state index in [1.54, 1.807) is 42.3 Å². The Balaban J connectivity index is 0.000000101. The number of benzene rings is 15. The molecule has 0 N–H and O–H groups in total. The van der Waals surface area contributed by atoms with Gasteiger partial charge in [-0.3, -0.25) is 0 Å². The number of fused-ring (bicyclic) bond motifs is 20. The maximum atomic E-state index is 8.12. The second kappa shape index (κ2) is 32.2. The number of aryl methyl sites for hydroxylation is 13. The van der Waals surface area contributed by atoms with E-state index in [-0.39, 0.29) is 5.69 Å². The van der Waals surface area contributed by atoms with Crippen molar-refractivity contribution in [3.8, 4) is 56.7 Å². The molecule has 0 bridgehead atoms. The van der Waals surface area contributed by atoms with Crippen LogP contribution >= 0.6 is 0 Å². The molecule has 0 saturated carbocycles. The van der Waals surface area contributed by atoms with E-state index in [0.29, 0.717) is 22.1 Å². The summed E-state index contributed by atoms with van der Waals surface area (Å²) in [5.74, 6) is 2.58. The molecule has 0 atom stereocenters. The van der Waals surface area contributed by atoms with Crippen LogP contribution in [-0.4, -0.2) is 25.1 Å². The van der Waals surface area contributed by atoms with Crippen molar-refractivity contribution in [1.82, 2.24) is 25.1 Å². The van der Waals surface area contributed by atoms with Gasteiger partial charge in [-0.05, 0) is 252 Å². The van der Waals surface area contributed by atoms with E-state index in [1.165, 1.54) is 54.4 Å². The number of hydrogen-bond acceptors (Lipinski definition) is 10. The van der Waals surface area contributed by atoms with Crippen LogP contribution in [0.3, 0.4) is 0 Å². The summed E-state index contributed by atoms with van der Waals surface area (Å²) in [6.45, 7) is 9.98. The van der Waals surface area contributed by atoms with E-state index < -0.39 is 13.7 Å². The Bertz CT molecular complexity index is 9180. The van der Waals surface area contributed by atoms with Gasteiger partial charge in [0.05, 0.1) is 57.1 Å². The van der Waals surface area contributed by atoms with Gasteiger partial charge < -0.3 is 22.1 Å². The zero-order chi connectivity index (χ0) is 93.3. The van der Waals surface area contributed by atoms with Gasteiger partial charge in [-0.15, -0.1) is 0 Å². The molecule has 0 aliphatic carbocycles. The van der Waals surface area contributed by atoms with Crippen LogP contribution in [0.1, 0.15) is 58.6 Å². The normalized spacial score (nSPS) is 12.5. The number of furan rings is 5. The van der Waals surface area contributed by atoms with Gasteiger partial charge in [-0.25, -0.2) is 13.7 Å². The van der Waals surface area contributed by atoms with E-state index in [4.69, 9.17) is 35.3 Å². The maximum Gasteiger partial charge on any atom is 0.334 e. The Kier molecular flexibility index (Phi) is 18.3. The lowest BCUT2D eigenvalue weighted by molar-refractivity contribution is -0.720. The molecule has 10 heterocycles. The predicted octanol–water partition coefficient (Wildman–Crippen LogP) is 25.9. The molecule has 624 valence electrons. The molecule has 0 radical (unpaired) electrons. The van der Waals surface area contributed by atoms with Crippen molar-refractivity contribution in [3.63, 3.8) is 0 Å². The average Bonchev–Trinajstić information content (AvgIpc) is 1.59.